The van der Waals surface area contributed by atoms with E-state index in [1.807, 2.05) is 0 Å². The van der Waals surface area contributed by atoms with Gasteiger partial charge in [-0.05, 0) is 12.8 Å². The van der Waals surface area contributed by atoms with Crippen LogP contribution in [-0.4, -0.2) is 142 Å². The molecule has 20 nitrogen and oxygen atoms in total. The summed E-state index contributed by atoms with van der Waals surface area (Å²) in [4.78, 5) is 89.0. The van der Waals surface area contributed by atoms with Gasteiger partial charge in [-0.2, -0.15) is 0 Å². The number of unbranched alkanes of at least 4 members (excludes halogenated alkanes) is 14. The second kappa shape index (κ2) is 32.7. The quantitative estimate of drug-likeness (QED) is 0.0343. The Balaban J connectivity index is 2.83. The lowest BCUT2D eigenvalue weighted by atomic mass is 9.98. The molecule has 0 saturated carbocycles. The summed E-state index contributed by atoms with van der Waals surface area (Å²) in [6, 6.07) is -3.57. The van der Waals surface area contributed by atoms with E-state index >= 15 is 0 Å². The molecule has 0 bridgehead atoms. The number of hydrogen-bond donors (Lipinski definition) is 12. The second-order valence-electron chi connectivity index (χ2n) is 15.7. The molecule has 13 N–H and O–H groups in total. The minimum Gasteiger partial charge on any atom is -0.394 e. The van der Waals surface area contributed by atoms with Gasteiger partial charge in [0.05, 0.1) is 26.3 Å². The molecule has 0 aromatic heterocycles. The number of amides is 7. The Morgan fingerprint density at radius 1 is 0.541 bits per heavy atom. The van der Waals surface area contributed by atoms with Crippen LogP contribution in [0.2, 0.25) is 0 Å². The van der Waals surface area contributed by atoms with E-state index in [0.29, 0.717) is 19.3 Å². The van der Waals surface area contributed by atoms with Crippen LogP contribution in [0.5, 0.6) is 0 Å². The third kappa shape index (κ3) is 23.7. The van der Waals surface area contributed by atoms with Gasteiger partial charge in [0.15, 0.2) is 6.23 Å². The van der Waals surface area contributed by atoms with Crippen molar-refractivity contribution in [2.75, 3.05) is 26.3 Å². The van der Waals surface area contributed by atoms with Crippen LogP contribution in [0.25, 0.3) is 0 Å². The number of carbonyl (C=O) groups is 7. The molecule has 1 aliphatic rings. The molecule has 0 aromatic rings. The summed E-state index contributed by atoms with van der Waals surface area (Å²) in [7, 11) is 0. The molecule has 1 aliphatic heterocycles. The van der Waals surface area contributed by atoms with Crippen molar-refractivity contribution in [1.82, 2.24) is 31.9 Å². The number of nitrogens with one attached hydrogen (secondary N) is 6. The zero-order valence-electron chi connectivity index (χ0n) is 36.2. The van der Waals surface area contributed by atoms with Gasteiger partial charge in [-0.25, -0.2) is 0 Å². The fourth-order valence-corrected chi connectivity index (χ4v) is 6.75. The lowest BCUT2D eigenvalue weighted by molar-refractivity contribution is -0.236. The number of primary amides is 1. The van der Waals surface area contributed by atoms with E-state index in [2.05, 4.69) is 45.7 Å². The van der Waals surface area contributed by atoms with Crippen molar-refractivity contribution in [3.63, 3.8) is 0 Å². The number of nitrogens with two attached hydrogens (primary N) is 1. The maximum Gasteiger partial charge on any atom is 0.245 e. The molecule has 61 heavy (non-hydrogen) atoms. The van der Waals surface area contributed by atoms with Gasteiger partial charge < -0.3 is 67.9 Å². The first-order chi connectivity index (χ1) is 29.2. The molecule has 0 spiro atoms. The number of aliphatic hydroxyl groups excluding tert-OH is 5. The highest BCUT2D eigenvalue weighted by molar-refractivity contribution is 5.95. The van der Waals surface area contributed by atoms with Crippen LogP contribution in [0.4, 0.5) is 0 Å². The highest BCUT2D eigenvalue weighted by Gasteiger charge is 2.44. The minimum atomic E-state index is -1.73. The summed E-state index contributed by atoms with van der Waals surface area (Å²) in [5.41, 5.74) is 5.22. The van der Waals surface area contributed by atoms with Gasteiger partial charge >= 0.3 is 0 Å². The normalized spacial score (nSPS) is 20.1. The fraction of sp³-hybridized carbons (Fsp3) is 0.829. The molecular weight excluding hydrogens is 798 g/mol. The molecule has 0 radical (unpaired) electrons. The maximum atomic E-state index is 13.7. The molecule has 352 valence electrons. The van der Waals surface area contributed by atoms with E-state index in [0.717, 1.165) is 70.6 Å². The topological polar surface area (TPSA) is 328 Å². The van der Waals surface area contributed by atoms with Crippen molar-refractivity contribution < 1.29 is 63.8 Å². The van der Waals surface area contributed by atoms with Crippen molar-refractivity contribution in [2.45, 2.75) is 191 Å². The molecule has 0 aliphatic carbocycles. The Bertz CT molecular complexity index is 1320. The summed E-state index contributed by atoms with van der Waals surface area (Å²) < 4.78 is 5.21. The fourth-order valence-electron chi connectivity index (χ4n) is 6.75. The standard InChI is InChI=1S/C41H75N7O13/c1-3-5-7-9-11-13-15-17-19-27(38(58)43-23-31(42)51)47-40(60)28(20-18-16-14-12-10-8-6-4-2)45-34(54)24-44-39(59)29(25-49)46-32(52)21-22-33(53)48-41-37(57)36(56)35(55)30(26-50)61-41/h27-30,35-37,41,49-50,55-57H,3-26H2,1-2H3,(H2,42,51)(H,43,58)(H,44,59)(H,45,54)(H,46,52)(H,47,60)(H,48,53)/t27?,28?,29?,30-,35-,36+,37-,41-/m1/s1. The first-order valence-electron chi connectivity index (χ1n) is 22.1. The van der Waals surface area contributed by atoms with E-state index in [4.69, 9.17) is 10.5 Å². The van der Waals surface area contributed by atoms with Crippen molar-refractivity contribution in [2.24, 2.45) is 5.73 Å². The van der Waals surface area contributed by atoms with Gasteiger partial charge in [0, 0.05) is 12.8 Å². The predicted octanol–water partition coefficient (Wildman–Crippen LogP) is -1.09. The van der Waals surface area contributed by atoms with E-state index in [1.165, 1.54) is 19.3 Å². The van der Waals surface area contributed by atoms with Crippen LogP contribution in [0.1, 0.15) is 142 Å². The smallest absolute Gasteiger partial charge is 0.245 e. The maximum absolute atomic E-state index is 13.7. The summed E-state index contributed by atoms with van der Waals surface area (Å²) in [5.74, 6) is -5.25. The molecular formula is C41H75N7O13. The first kappa shape index (κ1) is 55.1. The van der Waals surface area contributed by atoms with Crippen molar-refractivity contribution >= 4 is 41.4 Å². The highest BCUT2D eigenvalue weighted by atomic mass is 16.6. The molecule has 1 heterocycles. The number of carbonyl (C=O) groups excluding carboxylic acids is 7. The highest BCUT2D eigenvalue weighted by Crippen LogP contribution is 2.20. The molecule has 1 fully saturated rings. The van der Waals surface area contributed by atoms with Crippen LogP contribution in [0, 0.1) is 0 Å². The van der Waals surface area contributed by atoms with Crippen LogP contribution in [0.15, 0.2) is 0 Å². The lowest BCUT2D eigenvalue weighted by Gasteiger charge is -2.40. The zero-order valence-corrected chi connectivity index (χ0v) is 36.2. The summed E-state index contributed by atoms with van der Waals surface area (Å²) in [6.07, 6.45) is 7.83. The number of hydrogen-bond acceptors (Lipinski definition) is 13. The molecule has 20 heteroatoms. The Morgan fingerprint density at radius 2 is 1.00 bits per heavy atom. The van der Waals surface area contributed by atoms with Crippen molar-refractivity contribution in [3.8, 4) is 0 Å². The Hall–Kier alpha value is -3.95. The molecule has 7 amide bonds. The van der Waals surface area contributed by atoms with E-state index in [1.54, 1.807) is 0 Å². The SMILES string of the molecule is CCCCCCCCCCC(NC(=O)CNC(=O)C(CO)NC(=O)CCC(=O)N[C@@H]1O[C@H](CO)[C@@H](O)[C@H](O)[C@H]1O)C(=O)NC(CCCCCCCCCC)C(=O)NCC(N)=O. The average molecular weight is 874 g/mol. The summed E-state index contributed by atoms with van der Waals surface area (Å²) in [6.45, 7) is 1.69. The average Bonchev–Trinajstić information content (AvgIpc) is 3.24. The zero-order chi connectivity index (χ0) is 45.6. The van der Waals surface area contributed by atoms with Gasteiger partial charge in [-0.15, -0.1) is 0 Å². The second-order valence-corrected chi connectivity index (χ2v) is 15.7. The molecule has 1 saturated heterocycles. The van der Waals surface area contributed by atoms with Crippen LogP contribution in [0.3, 0.4) is 0 Å². The van der Waals surface area contributed by atoms with Crippen LogP contribution < -0.4 is 37.6 Å². The molecule has 1 rings (SSSR count). The van der Waals surface area contributed by atoms with Gasteiger partial charge in [-0.3, -0.25) is 33.6 Å². The lowest BCUT2D eigenvalue weighted by Crippen LogP contribution is -2.63. The van der Waals surface area contributed by atoms with Crippen LogP contribution in [-0.2, 0) is 38.3 Å². The summed E-state index contributed by atoms with van der Waals surface area (Å²) >= 11 is 0. The van der Waals surface area contributed by atoms with Gasteiger partial charge in [0.1, 0.15) is 42.5 Å². The van der Waals surface area contributed by atoms with Crippen LogP contribution >= 0.6 is 0 Å². The van der Waals surface area contributed by atoms with E-state index < -0.39 is 129 Å². The largest absolute Gasteiger partial charge is 0.394 e. The van der Waals surface area contributed by atoms with Crippen molar-refractivity contribution in [1.29, 1.82) is 0 Å². The number of ether oxygens (including phenoxy) is 1. The molecule has 8 atom stereocenters. The van der Waals surface area contributed by atoms with E-state index in [-0.39, 0.29) is 6.42 Å². The Kier molecular flexibility index (Phi) is 29.5. The number of aliphatic hydroxyl groups is 5. The van der Waals surface area contributed by atoms with Crippen molar-refractivity contribution in [3.05, 3.63) is 0 Å². The van der Waals surface area contributed by atoms with Gasteiger partial charge in [-0.1, -0.05) is 117 Å². The third-order valence-corrected chi connectivity index (χ3v) is 10.4. The van der Waals surface area contributed by atoms with E-state index in [9.17, 15) is 59.1 Å². The Morgan fingerprint density at radius 3 is 1.51 bits per heavy atom. The molecule has 3 unspecified atom stereocenters. The van der Waals surface area contributed by atoms with Gasteiger partial charge in [0.25, 0.3) is 0 Å². The first-order valence-corrected chi connectivity index (χ1v) is 22.1. The predicted molar refractivity (Wildman–Crippen MR) is 224 cm³/mol. The third-order valence-electron chi connectivity index (χ3n) is 10.4. The number of rotatable bonds is 34. The minimum absolute atomic E-state index is 0.243. The Labute approximate surface area is 359 Å². The molecule has 0 aromatic carbocycles. The monoisotopic (exact) mass is 874 g/mol. The summed E-state index contributed by atoms with van der Waals surface area (Å²) in [5, 5.41) is 63.7. The van der Waals surface area contributed by atoms with Gasteiger partial charge in [0.2, 0.25) is 41.4 Å².